The van der Waals surface area contributed by atoms with Crippen LogP contribution in [-0.4, -0.2) is 43.7 Å². The second kappa shape index (κ2) is 7.45. The lowest BCUT2D eigenvalue weighted by molar-refractivity contribution is -0.128. The summed E-state index contributed by atoms with van der Waals surface area (Å²) in [5.41, 5.74) is 5.62. The maximum absolute atomic E-state index is 13.9. The number of nitrogens with zero attached hydrogens (tertiary/aromatic N) is 1. The zero-order chi connectivity index (χ0) is 18.0. The number of rotatable bonds is 4. The van der Waals surface area contributed by atoms with Gasteiger partial charge in [-0.05, 0) is 37.3 Å². The molecule has 0 saturated carbocycles. The van der Waals surface area contributed by atoms with Crippen molar-refractivity contribution in [2.24, 2.45) is 11.7 Å². The van der Waals surface area contributed by atoms with Crippen molar-refractivity contribution in [2.75, 3.05) is 24.7 Å². The lowest BCUT2D eigenvalue weighted by Gasteiger charge is -2.27. The van der Waals surface area contributed by atoms with Crippen LogP contribution in [0.15, 0.2) is 18.2 Å². The molecule has 6 nitrogen and oxygen atoms in total. The third kappa shape index (κ3) is 3.64. The lowest BCUT2D eigenvalue weighted by atomic mass is 9.91. The predicted octanol–water partition coefficient (Wildman–Crippen LogP) is 0.940. The highest BCUT2D eigenvalue weighted by Gasteiger charge is 2.37. The minimum Gasteiger partial charge on any atom is -0.381 e. The fourth-order valence-corrected chi connectivity index (χ4v) is 3.34. The molecule has 0 aliphatic carbocycles. The van der Waals surface area contributed by atoms with Gasteiger partial charge in [0, 0.05) is 19.8 Å². The number of hydrogen-bond acceptors (Lipinski definition) is 4. The van der Waals surface area contributed by atoms with Crippen molar-refractivity contribution >= 4 is 17.5 Å². The van der Waals surface area contributed by atoms with Gasteiger partial charge in [-0.1, -0.05) is 6.07 Å². The molecule has 3 N–H and O–H groups in total. The Morgan fingerprint density at radius 2 is 1.88 bits per heavy atom. The van der Waals surface area contributed by atoms with Crippen LogP contribution in [0.2, 0.25) is 0 Å². The summed E-state index contributed by atoms with van der Waals surface area (Å²) in [6, 6.07) is 1.88. The molecule has 2 atom stereocenters. The molecule has 1 aromatic carbocycles. The topological polar surface area (TPSA) is 84.7 Å². The van der Waals surface area contributed by atoms with E-state index in [1.807, 2.05) is 0 Å². The lowest BCUT2D eigenvalue weighted by Crippen LogP contribution is -2.52. The zero-order valence-corrected chi connectivity index (χ0v) is 13.7. The van der Waals surface area contributed by atoms with Gasteiger partial charge in [0.15, 0.2) is 0 Å². The van der Waals surface area contributed by atoms with Crippen LogP contribution < -0.4 is 16.0 Å². The number of carbonyl (C=O) groups is 2. The summed E-state index contributed by atoms with van der Waals surface area (Å²) in [5, 5.41) is 2.62. The van der Waals surface area contributed by atoms with E-state index in [0.29, 0.717) is 26.1 Å². The molecule has 25 heavy (non-hydrogen) atoms. The first-order valence-corrected chi connectivity index (χ1v) is 8.38. The van der Waals surface area contributed by atoms with Crippen LogP contribution in [0.3, 0.4) is 0 Å². The fraction of sp³-hybridized carbons (Fsp3) is 0.529. The Bertz CT molecular complexity index is 644. The SMILES string of the molecule is NC(C(=O)NC1CCN(c2c(F)cccc2F)C1=O)C1CCOCC1. The summed E-state index contributed by atoms with van der Waals surface area (Å²) in [5.74, 6) is -2.55. The summed E-state index contributed by atoms with van der Waals surface area (Å²) < 4.78 is 33.0. The highest BCUT2D eigenvalue weighted by atomic mass is 19.1. The Morgan fingerprint density at radius 1 is 1.24 bits per heavy atom. The summed E-state index contributed by atoms with van der Waals surface area (Å²) in [4.78, 5) is 25.8. The minimum absolute atomic E-state index is 0.00497. The van der Waals surface area contributed by atoms with Crippen LogP contribution in [0, 0.1) is 17.6 Å². The zero-order valence-electron chi connectivity index (χ0n) is 13.7. The number of carbonyl (C=O) groups excluding carboxylic acids is 2. The quantitative estimate of drug-likeness (QED) is 0.844. The molecule has 8 heteroatoms. The van der Waals surface area contributed by atoms with Gasteiger partial charge in [-0.2, -0.15) is 0 Å². The maximum atomic E-state index is 13.9. The molecule has 1 aromatic rings. The van der Waals surface area contributed by atoms with Crippen molar-refractivity contribution in [3.63, 3.8) is 0 Å². The minimum atomic E-state index is -0.822. The molecule has 2 aliphatic rings. The first-order chi connectivity index (χ1) is 12.0. The number of anilines is 1. The average Bonchev–Trinajstić information content (AvgIpc) is 2.95. The largest absolute Gasteiger partial charge is 0.381 e. The van der Waals surface area contributed by atoms with Crippen LogP contribution in [-0.2, 0) is 14.3 Å². The molecule has 0 radical (unpaired) electrons. The van der Waals surface area contributed by atoms with Crippen molar-refractivity contribution in [3.05, 3.63) is 29.8 Å². The van der Waals surface area contributed by atoms with Gasteiger partial charge in [0.1, 0.15) is 23.4 Å². The average molecular weight is 353 g/mol. The third-order valence-corrected chi connectivity index (χ3v) is 4.81. The number of para-hydroxylation sites is 1. The molecule has 3 rings (SSSR count). The second-order valence-electron chi connectivity index (χ2n) is 6.39. The van der Waals surface area contributed by atoms with E-state index in [-0.39, 0.29) is 24.6 Å². The van der Waals surface area contributed by atoms with Crippen LogP contribution >= 0.6 is 0 Å². The van der Waals surface area contributed by atoms with E-state index in [0.717, 1.165) is 17.0 Å². The van der Waals surface area contributed by atoms with Gasteiger partial charge < -0.3 is 20.7 Å². The highest BCUT2D eigenvalue weighted by molar-refractivity contribution is 6.01. The molecule has 2 amide bonds. The molecular weight excluding hydrogens is 332 g/mol. The van der Waals surface area contributed by atoms with Gasteiger partial charge in [-0.15, -0.1) is 0 Å². The Hall–Kier alpha value is -2.06. The highest BCUT2D eigenvalue weighted by Crippen LogP contribution is 2.27. The van der Waals surface area contributed by atoms with E-state index in [1.54, 1.807) is 0 Å². The first-order valence-electron chi connectivity index (χ1n) is 8.38. The van der Waals surface area contributed by atoms with Gasteiger partial charge in [0.05, 0.1) is 6.04 Å². The molecule has 2 unspecified atom stereocenters. The molecule has 2 saturated heterocycles. The van der Waals surface area contributed by atoms with E-state index >= 15 is 0 Å². The van der Waals surface area contributed by atoms with Crippen molar-refractivity contribution in [1.82, 2.24) is 5.32 Å². The molecule has 2 fully saturated rings. The van der Waals surface area contributed by atoms with Crippen LogP contribution in [0.1, 0.15) is 19.3 Å². The standard InChI is InChI=1S/C17H21F2N3O3/c18-11-2-1-3-12(19)15(11)22-7-4-13(17(22)24)21-16(23)14(20)10-5-8-25-9-6-10/h1-3,10,13-14H,4-9,20H2,(H,21,23). The van der Waals surface area contributed by atoms with E-state index < -0.39 is 35.5 Å². The Labute approximate surface area is 144 Å². The fourth-order valence-electron chi connectivity index (χ4n) is 3.34. The van der Waals surface area contributed by atoms with Crippen LogP contribution in [0.5, 0.6) is 0 Å². The third-order valence-electron chi connectivity index (χ3n) is 4.81. The molecule has 2 heterocycles. The number of amides is 2. The predicted molar refractivity (Wildman–Crippen MR) is 86.8 cm³/mol. The van der Waals surface area contributed by atoms with E-state index in [9.17, 15) is 18.4 Å². The molecule has 0 aromatic heterocycles. The molecule has 0 bridgehead atoms. The van der Waals surface area contributed by atoms with E-state index in [1.165, 1.54) is 6.07 Å². The van der Waals surface area contributed by atoms with E-state index in [2.05, 4.69) is 5.32 Å². The van der Waals surface area contributed by atoms with Crippen molar-refractivity contribution in [1.29, 1.82) is 0 Å². The van der Waals surface area contributed by atoms with Gasteiger partial charge in [-0.25, -0.2) is 8.78 Å². The molecule has 2 aliphatic heterocycles. The summed E-state index contributed by atoms with van der Waals surface area (Å²) in [7, 11) is 0. The monoisotopic (exact) mass is 353 g/mol. The Kier molecular flexibility index (Phi) is 5.29. The Morgan fingerprint density at radius 3 is 2.52 bits per heavy atom. The van der Waals surface area contributed by atoms with Crippen molar-refractivity contribution in [3.8, 4) is 0 Å². The molecular formula is C17H21F2N3O3. The number of benzene rings is 1. The van der Waals surface area contributed by atoms with Crippen LogP contribution in [0.25, 0.3) is 0 Å². The summed E-state index contributed by atoms with van der Waals surface area (Å²) in [6.07, 6.45) is 1.67. The second-order valence-corrected chi connectivity index (χ2v) is 6.39. The summed E-state index contributed by atoms with van der Waals surface area (Å²) >= 11 is 0. The number of halogens is 2. The Balaban J connectivity index is 1.65. The molecule has 0 spiro atoms. The number of nitrogens with two attached hydrogens (primary N) is 1. The normalized spacial score (nSPS) is 22.9. The summed E-state index contributed by atoms with van der Waals surface area (Å²) in [6.45, 7) is 1.26. The smallest absolute Gasteiger partial charge is 0.249 e. The van der Waals surface area contributed by atoms with Gasteiger partial charge in [0.2, 0.25) is 11.8 Å². The number of hydrogen-bond donors (Lipinski definition) is 2. The van der Waals surface area contributed by atoms with Crippen molar-refractivity contribution < 1.29 is 23.1 Å². The van der Waals surface area contributed by atoms with E-state index in [4.69, 9.17) is 10.5 Å². The number of nitrogens with one attached hydrogen (secondary N) is 1. The molecule has 136 valence electrons. The van der Waals surface area contributed by atoms with Gasteiger partial charge in [0.25, 0.3) is 0 Å². The van der Waals surface area contributed by atoms with Gasteiger partial charge in [-0.3, -0.25) is 9.59 Å². The van der Waals surface area contributed by atoms with Crippen molar-refractivity contribution in [2.45, 2.75) is 31.3 Å². The van der Waals surface area contributed by atoms with Crippen LogP contribution in [0.4, 0.5) is 14.5 Å². The number of ether oxygens (including phenoxy) is 1. The van der Waals surface area contributed by atoms with Gasteiger partial charge >= 0.3 is 0 Å². The maximum Gasteiger partial charge on any atom is 0.249 e. The first kappa shape index (κ1) is 17.8.